The van der Waals surface area contributed by atoms with Gasteiger partial charge in [0, 0.05) is 32.9 Å². The van der Waals surface area contributed by atoms with E-state index in [4.69, 9.17) is 4.74 Å². The Kier molecular flexibility index (Phi) is 3.51. The molecular formula is C12H21N3O2. The highest BCUT2D eigenvalue weighted by Crippen LogP contribution is 2.21. The molecule has 5 nitrogen and oxygen atoms in total. The van der Waals surface area contributed by atoms with Gasteiger partial charge in [-0.25, -0.2) is 0 Å². The predicted octanol–water partition coefficient (Wildman–Crippen LogP) is 0.392. The summed E-state index contributed by atoms with van der Waals surface area (Å²) in [6, 6.07) is 2.02. The maximum absolute atomic E-state index is 9.24. The van der Waals surface area contributed by atoms with Crippen LogP contribution < -0.4 is 0 Å². The zero-order chi connectivity index (χ0) is 12.5. The molecule has 1 fully saturated rings. The summed E-state index contributed by atoms with van der Waals surface area (Å²) in [5.74, 6) is 0. The van der Waals surface area contributed by atoms with Crippen molar-refractivity contribution in [3.8, 4) is 0 Å². The first-order chi connectivity index (χ1) is 7.98. The Morgan fingerprint density at radius 3 is 2.94 bits per heavy atom. The SMILES string of the molecule is Cn1ccc(CN2CC(CO)OC(C)(C)C2)n1. The van der Waals surface area contributed by atoms with E-state index in [1.54, 1.807) is 0 Å². The topological polar surface area (TPSA) is 50.5 Å². The van der Waals surface area contributed by atoms with Crippen LogP contribution in [0.5, 0.6) is 0 Å². The fourth-order valence-electron chi connectivity index (χ4n) is 2.41. The smallest absolute Gasteiger partial charge is 0.0940 e. The molecule has 1 unspecified atom stereocenters. The van der Waals surface area contributed by atoms with Crippen LogP contribution >= 0.6 is 0 Å². The third-order valence-corrected chi connectivity index (χ3v) is 2.91. The normalized spacial score (nSPS) is 25.1. The largest absolute Gasteiger partial charge is 0.394 e. The van der Waals surface area contributed by atoms with Crippen molar-refractivity contribution < 1.29 is 9.84 Å². The van der Waals surface area contributed by atoms with Crippen LogP contribution in [-0.2, 0) is 18.3 Å². The summed E-state index contributed by atoms with van der Waals surface area (Å²) in [6.45, 7) is 6.61. The van der Waals surface area contributed by atoms with Crippen LogP contribution in [0.4, 0.5) is 0 Å². The molecule has 96 valence electrons. The van der Waals surface area contributed by atoms with E-state index in [9.17, 15) is 5.11 Å². The van der Waals surface area contributed by atoms with Gasteiger partial charge in [0.2, 0.25) is 0 Å². The Hall–Kier alpha value is -0.910. The molecule has 1 N–H and O–H groups in total. The number of rotatable bonds is 3. The van der Waals surface area contributed by atoms with E-state index in [1.165, 1.54) is 0 Å². The molecule has 0 aromatic carbocycles. The minimum absolute atomic E-state index is 0.0716. The average Bonchev–Trinajstić information content (AvgIpc) is 2.61. The number of morpholine rings is 1. The van der Waals surface area contributed by atoms with Crippen LogP contribution in [0.3, 0.4) is 0 Å². The lowest BCUT2D eigenvalue weighted by Gasteiger charge is -2.42. The first-order valence-electron chi connectivity index (χ1n) is 5.98. The van der Waals surface area contributed by atoms with E-state index in [0.717, 1.165) is 25.3 Å². The molecule has 5 heteroatoms. The van der Waals surface area contributed by atoms with Crippen LogP contribution in [0.1, 0.15) is 19.5 Å². The quantitative estimate of drug-likeness (QED) is 0.829. The molecule has 2 heterocycles. The van der Waals surface area contributed by atoms with Crippen LogP contribution in [0.2, 0.25) is 0 Å². The van der Waals surface area contributed by atoms with Crippen molar-refractivity contribution in [3.63, 3.8) is 0 Å². The molecule has 1 aromatic rings. The Bertz CT molecular complexity index is 376. The molecule has 0 saturated carbocycles. The van der Waals surface area contributed by atoms with Crippen molar-refractivity contribution in [3.05, 3.63) is 18.0 Å². The van der Waals surface area contributed by atoms with E-state index in [-0.39, 0.29) is 18.3 Å². The summed E-state index contributed by atoms with van der Waals surface area (Å²) in [4.78, 5) is 2.28. The standard InChI is InChI=1S/C12H21N3O2/c1-12(2)9-15(7-11(8-16)17-12)6-10-4-5-14(3)13-10/h4-5,11,16H,6-9H2,1-3H3. The van der Waals surface area contributed by atoms with Gasteiger partial charge in [0.15, 0.2) is 0 Å². The van der Waals surface area contributed by atoms with Crippen LogP contribution in [0.15, 0.2) is 12.3 Å². The highest BCUT2D eigenvalue weighted by Gasteiger charge is 2.33. The molecule has 1 aliphatic rings. The molecular weight excluding hydrogens is 218 g/mol. The highest BCUT2D eigenvalue weighted by molar-refractivity contribution is 4.99. The van der Waals surface area contributed by atoms with E-state index >= 15 is 0 Å². The van der Waals surface area contributed by atoms with E-state index < -0.39 is 0 Å². The second kappa shape index (κ2) is 4.76. The zero-order valence-electron chi connectivity index (χ0n) is 10.8. The van der Waals surface area contributed by atoms with Crippen LogP contribution in [0, 0.1) is 0 Å². The van der Waals surface area contributed by atoms with Crippen LogP contribution in [0.25, 0.3) is 0 Å². The lowest BCUT2D eigenvalue weighted by atomic mass is 10.1. The van der Waals surface area contributed by atoms with Crippen molar-refractivity contribution in [2.75, 3.05) is 19.7 Å². The fourth-order valence-corrected chi connectivity index (χ4v) is 2.41. The summed E-state index contributed by atoms with van der Waals surface area (Å²) < 4.78 is 7.59. The van der Waals surface area contributed by atoms with Gasteiger partial charge >= 0.3 is 0 Å². The third-order valence-electron chi connectivity index (χ3n) is 2.91. The first kappa shape index (κ1) is 12.5. The number of aliphatic hydroxyl groups excluding tert-OH is 1. The molecule has 17 heavy (non-hydrogen) atoms. The number of ether oxygens (including phenoxy) is 1. The minimum Gasteiger partial charge on any atom is -0.394 e. The molecule has 1 atom stereocenters. The van der Waals surface area contributed by atoms with Gasteiger partial charge < -0.3 is 9.84 Å². The Balaban J connectivity index is 2.00. The summed E-state index contributed by atoms with van der Waals surface area (Å²) in [5.41, 5.74) is 0.849. The molecule has 1 aliphatic heterocycles. The molecule has 0 amide bonds. The monoisotopic (exact) mass is 239 g/mol. The van der Waals surface area contributed by atoms with Crippen molar-refractivity contribution in [2.45, 2.75) is 32.1 Å². The molecule has 1 saturated heterocycles. The number of aromatic nitrogens is 2. The van der Waals surface area contributed by atoms with Crippen molar-refractivity contribution >= 4 is 0 Å². The number of aliphatic hydroxyl groups is 1. The van der Waals surface area contributed by atoms with Gasteiger partial charge in [0.1, 0.15) is 0 Å². The lowest BCUT2D eigenvalue weighted by Crippen LogP contribution is -2.53. The van der Waals surface area contributed by atoms with Crippen molar-refractivity contribution in [2.24, 2.45) is 7.05 Å². The second-order valence-electron chi connectivity index (χ2n) is 5.33. The molecule has 0 radical (unpaired) electrons. The van der Waals surface area contributed by atoms with Crippen LogP contribution in [-0.4, -0.2) is 51.2 Å². The maximum atomic E-state index is 9.24. The average molecular weight is 239 g/mol. The summed E-state index contributed by atoms with van der Waals surface area (Å²) in [6.07, 6.45) is 1.85. The number of nitrogens with zero attached hydrogens (tertiary/aromatic N) is 3. The van der Waals surface area contributed by atoms with Gasteiger partial charge in [0.05, 0.1) is 24.0 Å². The number of hydrogen-bond donors (Lipinski definition) is 1. The third kappa shape index (κ3) is 3.28. The number of aryl methyl sites for hydroxylation is 1. The minimum atomic E-state index is -0.208. The molecule has 0 bridgehead atoms. The summed E-state index contributed by atoms with van der Waals surface area (Å²) >= 11 is 0. The molecule has 0 aliphatic carbocycles. The Labute approximate surface area is 102 Å². The maximum Gasteiger partial charge on any atom is 0.0940 e. The lowest BCUT2D eigenvalue weighted by molar-refractivity contribution is -0.150. The van der Waals surface area contributed by atoms with E-state index in [1.807, 2.05) is 24.0 Å². The fraction of sp³-hybridized carbons (Fsp3) is 0.750. The van der Waals surface area contributed by atoms with Gasteiger partial charge in [-0.1, -0.05) is 0 Å². The molecule has 2 rings (SSSR count). The van der Waals surface area contributed by atoms with E-state index in [0.29, 0.717) is 0 Å². The molecule has 0 spiro atoms. The Morgan fingerprint density at radius 2 is 2.35 bits per heavy atom. The second-order valence-corrected chi connectivity index (χ2v) is 5.33. The van der Waals surface area contributed by atoms with Crippen molar-refractivity contribution in [1.29, 1.82) is 0 Å². The van der Waals surface area contributed by atoms with Gasteiger partial charge in [0.25, 0.3) is 0 Å². The van der Waals surface area contributed by atoms with E-state index in [2.05, 4.69) is 23.8 Å². The van der Waals surface area contributed by atoms with Gasteiger partial charge in [-0.05, 0) is 19.9 Å². The van der Waals surface area contributed by atoms with Gasteiger partial charge in [-0.15, -0.1) is 0 Å². The predicted molar refractivity (Wildman–Crippen MR) is 64.5 cm³/mol. The molecule has 1 aromatic heterocycles. The Morgan fingerprint density at radius 1 is 1.59 bits per heavy atom. The summed E-state index contributed by atoms with van der Waals surface area (Å²) in [7, 11) is 1.92. The number of hydrogen-bond acceptors (Lipinski definition) is 4. The van der Waals surface area contributed by atoms with Gasteiger partial charge in [-0.3, -0.25) is 9.58 Å². The highest BCUT2D eigenvalue weighted by atomic mass is 16.5. The first-order valence-corrected chi connectivity index (χ1v) is 5.98. The summed E-state index contributed by atoms with van der Waals surface area (Å²) in [5, 5.41) is 13.6. The van der Waals surface area contributed by atoms with Crippen molar-refractivity contribution in [1.82, 2.24) is 14.7 Å². The van der Waals surface area contributed by atoms with Gasteiger partial charge in [-0.2, -0.15) is 5.10 Å². The zero-order valence-corrected chi connectivity index (χ0v) is 10.8.